The fraction of sp³-hybridized carbons (Fsp3) is 0.950. The average Bonchev–Trinajstić information content (AvgIpc) is 2.71. The third-order valence-corrected chi connectivity index (χ3v) is 5.67. The van der Waals surface area contributed by atoms with E-state index in [0.717, 1.165) is 71.4 Å². The van der Waals surface area contributed by atoms with E-state index in [1.54, 1.807) is 0 Å². The van der Waals surface area contributed by atoms with Crippen molar-refractivity contribution in [2.75, 3.05) is 59.7 Å². The highest BCUT2D eigenvalue weighted by molar-refractivity contribution is 5.79. The SMILES string of the molecule is CCCCOCCCNC(=NC)NCC1(N2CCOCC2)CCCCC1. The zero-order chi connectivity index (χ0) is 18.5. The molecular formula is C20H40N4O2. The van der Waals surface area contributed by atoms with Crippen LogP contribution in [-0.4, -0.2) is 76.1 Å². The van der Waals surface area contributed by atoms with Crippen LogP contribution in [0, 0.1) is 0 Å². The Bertz CT molecular complexity index is 391. The van der Waals surface area contributed by atoms with Crippen LogP contribution in [0.5, 0.6) is 0 Å². The quantitative estimate of drug-likeness (QED) is 0.352. The number of rotatable bonds is 10. The highest BCUT2D eigenvalue weighted by Crippen LogP contribution is 2.33. The predicted octanol–water partition coefficient (Wildman–Crippen LogP) is 2.39. The molecule has 0 unspecified atom stereocenters. The molecule has 26 heavy (non-hydrogen) atoms. The van der Waals surface area contributed by atoms with Crippen molar-refractivity contribution in [1.82, 2.24) is 15.5 Å². The van der Waals surface area contributed by atoms with E-state index in [9.17, 15) is 0 Å². The molecule has 6 heteroatoms. The summed E-state index contributed by atoms with van der Waals surface area (Å²) in [5, 5.41) is 7.04. The number of ether oxygens (including phenoxy) is 2. The second-order valence-electron chi connectivity index (χ2n) is 7.56. The molecule has 1 aliphatic carbocycles. The minimum absolute atomic E-state index is 0.267. The standard InChI is InChI=1S/C20H40N4O2/c1-3-4-14-25-15-8-11-22-19(21-2)23-18-20(9-6-5-7-10-20)24-12-16-26-17-13-24/h3-18H2,1-2H3,(H2,21,22,23). The highest BCUT2D eigenvalue weighted by atomic mass is 16.5. The summed E-state index contributed by atoms with van der Waals surface area (Å²) in [4.78, 5) is 7.07. The van der Waals surface area contributed by atoms with Crippen molar-refractivity contribution in [3.05, 3.63) is 0 Å². The molecule has 0 aromatic rings. The fourth-order valence-electron chi connectivity index (χ4n) is 4.05. The lowest BCUT2D eigenvalue weighted by atomic mass is 9.80. The van der Waals surface area contributed by atoms with Gasteiger partial charge in [0.05, 0.1) is 13.2 Å². The van der Waals surface area contributed by atoms with Gasteiger partial charge in [-0.2, -0.15) is 0 Å². The lowest BCUT2D eigenvalue weighted by Gasteiger charge is -2.48. The van der Waals surface area contributed by atoms with Crippen LogP contribution in [0.4, 0.5) is 0 Å². The van der Waals surface area contributed by atoms with Gasteiger partial charge in [-0.25, -0.2) is 0 Å². The molecule has 2 rings (SSSR count). The Balaban J connectivity index is 1.73. The molecule has 2 fully saturated rings. The Morgan fingerprint density at radius 1 is 1.08 bits per heavy atom. The third kappa shape index (κ3) is 7.05. The second kappa shape index (κ2) is 12.5. The smallest absolute Gasteiger partial charge is 0.191 e. The first kappa shape index (κ1) is 21.5. The lowest BCUT2D eigenvalue weighted by Crippen LogP contribution is -2.60. The summed E-state index contributed by atoms with van der Waals surface area (Å²) in [6, 6.07) is 0. The zero-order valence-electron chi connectivity index (χ0n) is 17.0. The Kier molecular flexibility index (Phi) is 10.3. The van der Waals surface area contributed by atoms with Gasteiger partial charge >= 0.3 is 0 Å². The van der Waals surface area contributed by atoms with Gasteiger partial charge < -0.3 is 20.1 Å². The summed E-state index contributed by atoms with van der Waals surface area (Å²) < 4.78 is 11.2. The minimum Gasteiger partial charge on any atom is -0.381 e. The van der Waals surface area contributed by atoms with E-state index in [-0.39, 0.29) is 5.54 Å². The average molecular weight is 369 g/mol. The van der Waals surface area contributed by atoms with Gasteiger partial charge in [0.2, 0.25) is 0 Å². The molecule has 2 N–H and O–H groups in total. The lowest BCUT2D eigenvalue weighted by molar-refractivity contribution is -0.0352. The zero-order valence-corrected chi connectivity index (χ0v) is 17.0. The highest BCUT2D eigenvalue weighted by Gasteiger charge is 2.38. The maximum Gasteiger partial charge on any atom is 0.191 e. The van der Waals surface area contributed by atoms with Gasteiger partial charge in [0.25, 0.3) is 0 Å². The van der Waals surface area contributed by atoms with E-state index < -0.39 is 0 Å². The summed E-state index contributed by atoms with van der Waals surface area (Å²) in [6.07, 6.45) is 9.96. The van der Waals surface area contributed by atoms with E-state index in [0.29, 0.717) is 0 Å². The largest absolute Gasteiger partial charge is 0.381 e. The molecule has 1 aliphatic heterocycles. The third-order valence-electron chi connectivity index (χ3n) is 5.67. The van der Waals surface area contributed by atoms with Crippen molar-refractivity contribution >= 4 is 5.96 Å². The summed E-state index contributed by atoms with van der Waals surface area (Å²) in [5.41, 5.74) is 0.267. The van der Waals surface area contributed by atoms with E-state index in [2.05, 4.69) is 27.4 Å². The van der Waals surface area contributed by atoms with Gasteiger partial charge in [0.1, 0.15) is 0 Å². The van der Waals surface area contributed by atoms with Crippen LogP contribution >= 0.6 is 0 Å². The van der Waals surface area contributed by atoms with Gasteiger partial charge in [-0.3, -0.25) is 9.89 Å². The van der Waals surface area contributed by atoms with Gasteiger partial charge in [-0.1, -0.05) is 32.6 Å². The number of guanidine groups is 1. The van der Waals surface area contributed by atoms with Crippen LogP contribution in [0.15, 0.2) is 4.99 Å². The molecule has 6 nitrogen and oxygen atoms in total. The Morgan fingerprint density at radius 3 is 2.50 bits per heavy atom. The van der Waals surface area contributed by atoms with Gasteiger partial charge in [0.15, 0.2) is 5.96 Å². The second-order valence-corrected chi connectivity index (χ2v) is 7.56. The normalized spacial score (nSPS) is 21.5. The molecule has 1 heterocycles. The number of morpholine rings is 1. The van der Waals surface area contributed by atoms with Crippen molar-refractivity contribution in [3.63, 3.8) is 0 Å². The molecule has 152 valence electrons. The van der Waals surface area contributed by atoms with Crippen LogP contribution in [0.25, 0.3) is 0 Å². The van der Waals surface area contributed by atoms with Crippen molar-refractivity contribution in [2.45, 2.75) is 63.8 Å². The fourth-order valence-corrected chi connectivity index (χ4v) is 4.05. The number of aliphatic imine (C=N–C) groups is 1. The molecule has 2 aliphatic rings. The Hall–Kier alpha value is -0.850. The Labute approximate surface area is 160 Å². The first-order valence-corrected chi connectivity index (χ1v) is 10.7. The molecule has 0 bridgehead atoms. The molecular weight excluding hydrogens is 328 g/mol. The maximum absolute atomic E-state index is 5.62. The van der Waals surface area contributed by atoms with E-state index in [1.165, 1.54) is 38.5 Å². The molecule has 0 atom stereocenters. The summed E-state index contributed by atoms with van der Waals surface area (Å²) in [5.74, 6) is 0.914. The molecule has 0 spiro atoms. The number of hydrogen-bond donors (Lipinski definition) is 2. The van der Waals surface area contributed by atoms with Crippen molar-refractivity contribution in [3.8, 4) is 0 Å². The number of hydrogen-bond acceptors (Lipinski definition) is 4. The summed E-state index contributed by atoms with van der Waals surface area (Å²) >= 11 is 0. The molecule has 1 saturated carbocycles. The number of unbranched alkanes of at least 4 members (excludes halogenated alkanes) is 1. The predicted molar refractivity (Wildman–Crippen MR) is 108 cm³/mol. The van der Waals surface area contributed by atoms with Gasteiger partial charge in [-0.15, -0.1) is 0 Å². The maximum atomic E-state index is 5.62. The van der Waals surface area contributed by atoms with Crippen molar-refractivity contribution in [1.29, 1.82) is 0 Å². The van der Waals surface area contributed by atoms with E-state index >= 15 is 0 Å². The Morgan fingerprint density at radius 2 is 1.81 bits per heavy atom. The summed E-state index contributed by atoms with van der Waals surface area (Å²) in [7, 11) is 1.86. The molecule has 0 aromatic carbocycles. The molecule has 0 amide bonds. The first-order valence-electron chi connectivity index (χ1n) is 10.7. The van der Waals surface area contributed by atoms with Crippen LogP contribution in [0.3, 0.4) is 0 Å². The van der Waals surface area contributed by atoms with Crippen LogP contribution in [-0.2, 0) is 9.47 Å². The topological polar surface area (TPSA) is 58.1 Å². The van der Waals surface area contributed by atoms with E-state index in [1.807, 2.05) is 7.05 Å². The first-order chi connectivity index (χ1) is 12.8. The molecule has 1 saturated heterocycles. The number of nitrogens with zero attached hydrogens (tertiary/aromatic N) is 2. The van der Waals surface area contributed by atoms with Crippen LogP contribution in [0.2, 0.25) is 0 Å². The van der Waals surface area contributed by atoms with Crippen molar-refractivity contribution < 1.29 is 9.47 Å². The minimum atomic E-state index is 0.267. The van der Waals surface area contributed by atoms with Gasteiger partial charge in [0, 0.05) is 52.0 Å². The number of nitrogens with one attached hydrogen (secondary N) is 2. The summed E-state index contributed by atoms with van der Waals surface area (Å²) in [6.45, 7) is 9.62. The van der Waals surface area contributed by atoms with Crippen molar-refractivity contribution in [2.24, 2.45) is 4.99 Å². The molecule has 0 aromatic heterocycles. The van der Waals surface area contributed by atoms with E-state index in [4.69, 9.17) is 9.47 Å². The monoisotopic (exact) mass is 368 g/mol. The molecule has 0 radical (unpaired) electrons. The van der Waals surface area contributed by atoms with Crippen LogP contribution < -0.4 is 10.6 Å². The van der Waals surface area contributed by atoms with Crippen LogP contribution in [0.1, 0.15) is 58.3 Å². The van der Waals surface area contributed by atoms with Gasteiger partial charge in [-0.05, 0) is 25.7 Å².